The van der Waals surface area contributed by atoms with Crippen LogP contribution in [0.4, 0.5) is 11.4 Å². The fraction of sp³-hybridized carbons (Fsp3) is 0.333. The van der Waals surface area contributed by atoms with E-state index >= 15 is 0 Å². The predicted octanol–water partition coefficient (Wildman–Crippen LogP) is 0.547. The zero-order valence-electron chi connectivity index (χ0n) is 10.8. The van der Waals surface area contributed by atoms with Crippen LogP contribution in [0, 0.1) is 0 Å². The molecule has 0 aliphatic rings. The number of benzene rings is 1. The number of primary amides is 1. The van der Waals surface area contributed by atoms with E-state index < -0.39 is 17.9 Å². The van der Waals surface area contributed by atoms with Crippen LogP contribution in [0.2, 0.25) is 5.02 Å². The summed E-state index contributed by atoms with van der Waals surface area (Å²) in [5.74, 6) is -1.10. The van der Waals surface area contributed by atoms with Crippen LogP contribution < -0.4 is 21.7 Å². The van der Waals surface area contributed by atoms with Crippen LogP contribution in [0.15, 0.2) is 18.2 Å². The molecule has 0 radical (unpaired) electrons. The molecular formula is C12H17ClN4O2. The second-order valence-corrected chi connectivity index (χ2v) is 4.73. The number of hydrogen-bond acceptors (Lipinski definition) is 4. The van der Waals surface area contributed by atoms with Gasteiger partial charge in [0.25, 0.3) is 0 Å². The van der Waals surface area contributed by atoms with Gasteiger partial charge in [0, 0.05) is 19.8 Å². The van der Waals surface area contributed by atoms with Crippen molar-refractivity contribution in [2.45, 2.75) is 12.5 Å². The number of anilines is 2. The number of nitrogens with zero attached hydrogens (tertiary/aromatic N) is 1. The third kappa shape index (κ3) is 4.42. The largest absolute Gasteiger partial charge is 0.376 e. The first-order valence-electron chi connectivity index (χ1n) is 5.63. The van der Waals surface area contributed by atoms with Crippen molar-refractivity contribution < 1.29 is 9.59 Å². The molecule has 0 aliphatic carbocycles. The number of rotatable bonds is 5. The maximum Gasteiger partial charge on any atom is 0.241 e. The van der Waals surface area contributed by atoms with Gasteiger partial charge in [0.05, 0.1) is 23.2 Å². The van der Waals surface area contributed by atoms with E-state index in [1.165, 1.54) is 0 Å². The minimum absolute atomic E-state index is 0.199. The molecule has 0 bridgehead atoms. The number of carbonyl (C=O) groups is 2. The van der Waals surface area contributed by atoms with Crippen LogP contribution >= 0.6 is 11.6 Å². The summed E-state index contributed by atoms with van der Waals surface area (Å²) in [6, 6.07) is 4.13. The van der Waals surface area contributed by atoms with Crippen molar-refractivity contribution >= 4 is 34.8 Å². The van der Waals surface area contributed by atoms with Crippen molar-refractivity contribution in [1.82, 2.24) is 0 Å². The first-order valence-corrected chi connectivity index (χ1v) is 6.00. The third-order valence-electron chi connectivity index (χ3n) is 2.45. The molecule has 0 saturated heterocycles. The zero-order chi connectivity index (χ0) is 14.6. The van der Waals surface area contributed by atoms with Gasteiger partial charge in [0.15, 0.2) is 0 Å². The van der Waals surface area contributed by atoms with Gasteiger partial charge >= 0.3 is 0 Å². The van der Waals surface area contributed by atoms with E-state index in [1.807, 2.05) is 19.0 Å². The van der Waals surface area contributed by atoms with Crippen LogP contribution in [-0.2, 0) is 9.59 Å². The molecule has 0 aliphatic heterocycles. The Bertz CT molecular complexity index is 491. The molecule has 5 N–H and O–H groups in total. The van der Waals surface area contributed by atoms with Crippen LogP contribution in [0.1, 0.15) is 6.42 Å². The van der Waals surface area contributed by atoms with Crippen molar-refractivity contribution in [3.05, 3.63) is 23.2 Å². The summed E-state index contributed by atoms with van der Waals surface area (Å²) in [4.78, 5) is 24.2. The molecule has 1 unspecified atom stereocenters. The number of nitrogens with two attached hydrogens (primary N) is 2. The number of nitrogens with one attached hydrogen (secondary N) is 1. The molecule has 6 nitrogen and oxygen atoms in total. The summed E-state index contributed by atoms with van der Waals surface area (Å²) < 4.78 is 0. The molecule has 0 spiro atoms. The van der Waals surface area contributed by atoms with E-state index in [2.05, 4.69) is 5.32 Å². The van der Waals surface area contributed by atoms with Gasteiger partial charge in [-0.05, 0) is 18.2 Å². The lowest BCUT2D eigenvalue weighted by Gasteiger charge is -2.16. The normalized spacial score (nSPS) is 11.8. The smallest absolute Gasteiger partial charge is 0.241 e. The van der Waals surface area contributed by atoms with E-state index in [-0.39, 0.29) is 6.42 Å². The summed E-state index contributed by atoms with van der Waals surface area (Å²) >= 11 is 6.07. The molecule has 104 valence electrons. The van der Waals surface area contributed by atoms with E-state index in [0.29, 0.717) is 10.7 Å². The van der Waals surface area contributed by atoms with Gasteiger partial charge in [0.2, 0.25) is 11.8 Å². The third-order valence-corrected chi connectivity index (χ3v) is 2.76. The Labute approximate surface area is 116 Å². The Balaban J connectivity index is 2.75. The summed E-state index contributed by atoms with van der Waals surface area (Å²) in [5.41, 5.74) is 11.9. The Morgan fingerprint density at radius 1 is 1.42 bits per heavy atom. The van der Waals surface area contributed by atoms with Crippen molar-refractivity contribution in [3.63, 3.8) is 0 Å². The quantitative estimate of drug-likeness (QED) is 0.735. The molecule has 0 fully saturated rings. The van der Waals surface area contributed by atoms with Gasteiger partial charge in [-0.25, -0.2) is 0 Å². The topological polar surface area (TPSA) is 101 Å². The molecule has 0 saturated carbocycles. The highest BCUT2D eigenvalue weighted by Crippen LogP contribution is 2.27. The van der Waals surface area contributed by atoms with E-state index in [0.717, 1.165) is 5.69 Å². The molecule has 7 heteroatoms. The minimum Gasteiger partial charge on any atom is -0.376 e. The molecule has 1 atom stereocenters. The molecule has 1 aromatic carbocycles. The average molecular weight is 285 g/mol. The van der Waals surface area contributed by atoms with E-state index in [4.69, 9.17) is 23.1 Å². The molecule has 0 heterocycles. The Hall–Kier alpha value is -1.79. The van der Waals surface area contributed by atoms with Crippen LogP contribution in [0.5, 0.6) is 0 Å². The molecule has 2 amide bonds. The monoisotopic (exact) mass is 284 g/mol. The molecule has 0 aromatic heterocycles. The first-order chi connectivity index (χ1) is 8.81. The maximum absolute atomic E-state index is 11.7. The maximum atomic E-state index is 11.7. The lowest BCUT2D eigenvalue weighted by Crippen LogP contribution is -2.38. The first kappa shape index (κ1) is 15.3. The molecule has 1 rings (SSSR count). The van der Waals surface area contributed by atoms with Crippen molar-refractivity contribution in [3.8, 4) is 0 Å². The van der Waals surface area contributed by atoms with Gasteiger partial charge in [-0.15, -0.1) is 0 Å². The van der Waals surface area contributed by atoms with E-state index in [1.54, 1.807) is 18.2 Å². The Kier molecular flexibility index (Phi) is 5.14. The van der Waals surface area contributed by atoms with E-state index in [9.17, 15) is 9.59 Å². The SMILES string of the molecule is CN(C)c1ccc(NC(=O)C(N)CC(N)=O)cc1Cl. The van der Waals surface area contributed by atoms with Gasteiger partial charge < -0.3 is 21.7 Å². The van der Waals surface area contributed by atoms with Gasteiger partial charge in [-0.3, -0.25) is 9.59 Å². The van der Waals surface area contributed by atoms with Crippen LogP contribution in [-0.4, -0.2) is 32.0 Å². The molecule has 19 heavy (non-hydrogen) atoms. The van der Waals surface area contributed by atoms with Crippen molar-refractivity contribution in [2.24, 2.45) is 11.5 Å². The summed E-state index contributed by atoms with van der Waals surface area (Å²) in [6.07, 6.45) is -0.199. The van der Waals surface area contributed by atoms with Crippen LogP contribution in [0.3, 0.4) is 0 Å². The highest BCUT2D eigenvalue weighted by Gasteiger charge is 2.16. The standard InChI is InChI=1S/C12H17ClN4O2/c1-17(2)10-4-3-7(5-8(10)13)16-12(19)9(14)6-11(15)18/h3-5,9H,6,14H2,1-2H3,(H2,15,18)(H,16,19). The molecule has 1 aromatic rings. The van der Waals surface area contributed by atoms with Gasteiger partial charge in [-0.1, -0.05) is 11.6 Å². The second-order valence-electron chi connectivity index (χ2n) is 4.33. The van der Waals surface area contributed by atoms with Gasteiger partial charge in [0.1, 0.15) is 0 Å². The summed E-state index contributed by atoms with van der Waals surface area (Å²) in [6.45, 7) is 0. The lowest BCUT2D eigenvalue weighted by molar-refractivity contribution is -0.123. The lowest BCUT2D eigenvalue weighted by atomic mass is 10.2. The minimum atomic E-state index is -0.968. The number of amides is 2. The summed E-state index contributed by atoms with van der Waals surface area (Å²) in [5, 5.41) is 3.09. The van der Waals surface area contributed by atoms with Crippen LogP contribution in [0.25, 0.3) is 0 Å². The number of halogens is 1. The summed E-state index contributed by atoms with van der Waals surface area (Å²) in [7, 11) is 3.73. The van der Waals surface area contributed by atoms with Gasteiger partial charge in [-0.2, -0.15) is 0 Å². The Morgan fingerprint density at radius 3 is 2.53 bits per heavy atom. The zero-order valence-corrected chi connectivity index (χ0v) is 11.6. The second kappa shape index (κ2) is 6.40. The highest BCUT2D eigenvalue weighted by atomic mass is 35.5. The average Bonchev–Trinajstić information content (AvgIpc) is 2.27. The predicted molar refractivity (Wildman–Crippen MR) is 76.2 cm³/mol. The van der Waals surface area contributed by atoms with Crippen molar-refractivity contribution in [2.75, 3.05) is 24.3 Å². The Morgan fingerprint density at radius 2 is 2.05 bits per heavy atom. The number of hydrogen-bond donors (Lipinski definition) is 3. The number of carbonyl (C=O) groups excluding carboxylic acids is 2. The molecular weight excluding hydrogens is 268 g/mol. The van der Waals surface area contributed by atoms with Crippen molar-refractivity contribution in [1.29, 1.82) is 0 Å². The fourth-order valence-electron chi connectivity index (χ4n) is 1.49. The fourth-order valence-corrected chi connectivity index (χ4v) is 1.84. The highest BCUT2D eigenvalue weighted by molar-refractivity contribution is 6.33.